The zero-order chi connectivity index (χ0) is 24.4. The summed E-state index contributed by atoms with van der Waals surface area (Å²) in [6, 6.07) is 22.9. The molecule has 0 atom stereocenters. The van der Waals surface area contributed by atoms with E-state index in [-0.39, 0.29) is 11.6 Å². The van der Waals surface area contributed by atoms with E-state index in [0.29, 0.717) is 17.9 Å². The molecule has 2 heterocycles. The van der Waals surface area contributed by atoms with Crippen molar-refractivity contribution in [2.75, 3.05) is 18.6 Å². The first-order valence-electron chi connectivity index (χ1n) is 11.7. The lowest BCUT2D eigenvalue weighted by molar-refractivity contribution is -0.115. The van der Waals surface area contributed by atoms with Crippen molar-refractivity contribution in [2.45, 2.75) is 19.9 Å². The molecule has 0 bridgehead atoms. The fraction of sp³-hybridized carbons (Fsp3) is 0.172. The zero-order valence-corrected chi connectivity index (χ0v) is 19.8. The number of anilines is 1. The molecule has 0 aliphatic carbocycles. The van der Waals surface area contributed by atoms with Crippen molar-refractivity contribution in [2.24, 2.45) is 0 Å². The predicted octanol–water partition coefficient (Wildman–Crippen LogP) is 5.03. The van der Waals surface area contributed by atoms with E-state index >= 15 is 0 Å². The van der Waals surface area contributed by atoms with Gasteiger partial charge in [0.25, 0.3) is 11.8 Å². The number of amides is 2. The highest BCUT2D eigenvalue weighted by Crippen LogP contribution is 2.30. The van der Waals surface area contributed by atoms with E-state index in [9.17, 15) is 9.59 Å². The molecule has 1 aromatic heterocycles. The fourth-order valence-corrected chi connectivity index (χ4v) is 4.68. The summed E-state index contributed by atoms with van der Waals surface area (Å²) < 4.78 is 7.51. The van der Waals surface area contributed by atoms with Crippen LogP contribution in [0.1, 0.15) is 28.4 Å². The second-order valence-electron chi connectivity index (χ2n) is 8.44. The number of nitrogens with zero attached hydrogens (tertiary/aromatic N) is 2. The van der Waals surface area contributed by atoms with Gasteiger partial charge in [0, 0.05) is 41.4 Å². The summed E-state index contributed by atoms with van der Waals surface area (Å²) in [7, 11) is 1.52. The Hall–Kier alpha value is -4.32. The van der Waals surface area contributed by atoms with Crippen LogP contribution in [-0.4, -0.2) is 30.0 Å². The van der Waals surface area contributed by atoms with E-state index in [4.69, 9.17) is 4.74 Å². The molecule has 0 unspecified atom stereocenters. The van der Waals surface area contributed by atoms with Crippen molar-refractivity contribution in [3.05, 3.63) is 101 Å². The molecular weight excluding hydrogens is 438 g/mol. The van der Waals surface area contributed by atoms with E-state index in [1.54, 1.807) is 35.2 Å². The van der Waals surface area contributed by atoms with E-state index in [1.165, 1.54) is 7.11 Å². The van der Waals surface area contributed by atoms with Crippen molar-refractivity contribution < 1.29 is 14.3 Å². The third-order valence-electron chi connectivity index (χ3n) is 6.42. The van der Waals surface area contributed by atoms with Crippen LogP contribution in [0.15, 0.2) is 84.7 Å². The predicted molar refractivity (Wildman–Crippen MR) is 139 cm³/mol. The summed E-state index contributed by atoms with van der Waals surface area (Å²) in [5, 5.41) is 3.92. The Labute approximate surface area is 204 Å². The minimum absolute atomic E-state index is 0.219. The molecule has 5 rings (SSSR count). The first kappa shape index (κ1) is 22.5. The molecular formula is C29H27N3O3. The number of methoxy groups -OCH3 is 1. The summed E-state index contributed by atoms with van der Waals surface area (Å²) in [6.45, 7) is 3.44. The number of ether oxygens (including phenoxy) is 1. The number of hydrogen-bond acceptors (Lipinski definition) is 3. The molecule has 3 aromatic carbocycles. The number of aromatic nitrogens is 1. The molecule has 4 aromatic rings. The molecule has 0 saturated heterocycles. The lowest BCUT2D eigenvalue weighted by atomic mass is 10.1. The second kappa shape index (κ2) is 9.50. The van der Waals surface area contributed by atoms with Gasteiger partial charge in [-0.1, -0.05) is 48.5 Å². The van der Waals surface area contributed by atoms with Gasteiger partial charge >= 0.3 is 0 Å². The van der Waals surface area contributed by atoms with Crippen LogP contribution in [0.3, 0.4) is 0 Å². The van der Waals surface area contributed by atoms with E-state index in [0.717, 1.165) is 40.7 Å². The summed E-state index contributed by atoms with van der Waals surface area (Å²) >= 11 is 0. The average molecular weight is 466 g/mol. The fourth-order valence-electron chi connectivity index (χ4n) is 4.68. The molecule has 1 N–H and O–H groups in total. The summed E-state index contributed by atoms with van der Waals surface area (Å²) in [6.07, 6.45) is 4.58. The highest BCUT2D eigenvalue weighted by molar-refractivity contribution is 6.13. The molecule has 1 aliphatic rings. The van der Waals surface area contributed by atoms with Gasteiger partial charge in [0.1, 0.15) is 11.4 Å². The first-order chi connectivity index (χ1) is 17.1. The number of hydrogen-bond donors (Lipinski definition) is 1. The lowest BCUT2D eigenvalue weighted by Crippen LogP contribution is -2.37. The third kappa shape index (κ3) is 4.19. The van der Waals surface area contributed by atoms with Gasteiger partial charge in [-0.25, -0.2) is 0 Å². The number of carbonyl (C=O) groups excluding carboxylic acids is 2. The molecule has 0 radical (unpaired) electrons. The van der Waals surface area contributed by atoms with E-state index in [1.807, 2.05) is 48.7 Å². The molecule has 6 nitrogen and oxygen atoms in total. The number of para-hydroxylation sites is 3. The van der Waals surface area contributed by atoms with Crippen molar-refractivity contribution in [3.63, 3.8) is 0 Å². The molecule has 0 spiro atoms. The smallest absolute Gasteiger partial charge is 0.274 e. The van der Waals surface area contributed by atoms with Gasteiger partial charge in [0.15, 0.2) is 0 Å². The van der Waals surface area contributed by atoms with Crippen molar-refractivity contribution >= 4 is 34.5 Å². The standard InChI is InChI=1S/C29H27N3O3/c1-3-31-19-21(22-11-5-8-14-26(22)31)18-24(30-28(33)23-12-6-9-15-27(23)35-2)29(34)32-17-16-20-10-4-7-13-25(20)32/h4-15,18-19H,3,16-17H2,1-2H3,(H,30,33)/b24-18-. The number of fused-ring (bicyclic) bond motifs is 2. The monoisotopic (exact) mass is 465 g/mol. The van der Waals surface area contributed by atoms with Crippen LogP contribution >= 0.6 is 0 Å². The van der Waals surface area contributed by atoms with Gasteiger partial charge in [-0.15, -0.1) is 0 Å². The van der Waals surface area contributed by atoms with Crippen LogP contribution < -0.4 is 15.0 Å². The number of aryl methyl sites for hydroxylation is 1. The van der Waals surface area contributed by atoms with Gasteiger partial charge in [-0.3, -0.25) is 9.59 Å². The Bertz CT molecular complexity index is 1450. The van der Waals surface area contributed by atoms with Crippen LogP contribution in [0.2, 0.25) is 0 Å². The number of nitrogens with one attached hydrogen (secondary N) is 1. The van der Waals surface area contributed by atoms with E-state index < -0.39 is 5.91 Å². The van der Waals surface area contributed by atoms with Crippen LogP contribution in [0.4, 0.5) is 5.69 Å². The summed E-state index contributed by atoms with van der Waals surface area (Å²) in [4.78, 5) is 28.9. The molecule has 1 aliphatic heterocycles. The Morgan fingerprint density at radius 1 is 1.00 bits per heavy atom. The molecule has 6 heteroatoms. The number of benzene rings is 3. The molecule has 0 saturated carbocycles. The number of carbonyl (C=O) groups is 2. The minimum Gasteiger partial charge on any atom is -0.496 e. The van der Waals surface area contributed by atoms with Gasteiger partial charge in [0.2, 0.25) is 0 Å². The normalized spacial score (nSPS) is 13.1. The lowest BCUT2D eigenvalue weighted by Gasteiger charge is -2.20. The van der Waals surface area contributed by atoms with Gasteiger partial charge in [-0.2, -0.15) is 0 Å². The van der Waals surface area contributed by atoms with Crippen LogP contribution in [0, 0.1) is 0 Å². The average Bonchev–Trinajstić information content (AvgIpc) is 3.49. The first-order valence-corrected chi connectivity index (χ1v) is 11.7. The summed E-state index contributed by atoms with van der Waals surface area (Å²) in [5.41, 5.74) is 4.54. The maximum atomic E-state index is 13.9. The highest BCUT2D eigenvalue weighted by atomic mass is 16.5. The largest absolute Gasteiger partial charge is 0.496 e. The van der Waals surface area contributed by atoms with Crippen LogP contribution in [0.25, 0.3) is 17.0 Å². The van der Waals surface area contributed by atoms with E-state index in [2.05, 4.69) is 22.9 Å². The number of rotatable bonds is 6. The molecule has 176 valence electrons. The van der Waals surface area contributed by atoms with Gasteiger partial charge in [-0.05, 0) is 49.2 Å². The Morgan fingerprint density at radius 2 is 1.74 bits per heavy atom. The Balaban J connectivity index is 1.58. The van der Waals surface area contributed by atoms with Crippen molar-refractivity contribution in [1.82, 2.24) is 9.88 Å². The highest BCUT2D eigenvalue weighted by Gasteiger charge is 2.28. The SMILES string of the molecule is CCn1cc(/C=C(\NC(=O)c2ccccc2OC)C(=O)N2CCc3ccccc32)c2ccccc21. The van der Waals surface area contributed by atoms with Gasteiger partial charge in [0.05, 0.1) is 12.7 Å². The van der Waals surface area contributed by atoms with Crippen molar-refractivity contribution in [1.29, 1.82) is 0 Å². The Morgan fingerprint density at radius 3 is 2.57 bits per heavy atom. The van der Waals surface area contributed by atoms with Crippen LogP contribution in [0.5, 0.6) is 5.75 Å². The van der Waals surface area contributed by atoms with Gasteiger partial charge < -0.3 is 19.5 Å². The topological polar surface area (TPSA) is 63.6 Å². The molecule has 2 amide bonds. The summed E-state index contributed by atoms with van der Waals surface area (Å²) in [5.74, 6) is -0.189. The quantitative estimate of drug-likeness (QED) is 0.406. The van der Waals surface area contributed by atoms with Crippen molar-refractivity contribution in [3.8, 4) is 5.75 Å². The molecule has 0 fully saturated rings. The third-order valence-corrected chi connectivity index (χ3v) is 6.42. The second-order valence-corrected chi connectivity index (χ2v) is 8.44. The minimum atomic E-state index is -0.395. The van der Waals surface area contributed by atoms with Crippen LogP contribution in [-0.2, 0) is 17.8 Å². The maximum absolute atomic E-state index is 13.9. The Kier molecular flexibility index (Phi) is 6.10. The zero-order valence-electron chi connectivity index (χ0n) is 19.8. The maximum Gasteiger partial charge on any atom is 0.274 e. The molecule has 35 heavy (non-hydrogen) atoms.